The molecule has 43 heavy (non-hydrogen) atoms. The van der Waals surface area contributed by atoms with Crippen molar-refractivity contribution in [1.29, 1.82) is 0 Å². The number of carbonyl (C=O) groups excluding carboxylic acids is 3. The second kappa shape index (κ2) is 14.0. The van der Waals surface area contributed by atoms with E-state index in [0.717, 1.165) is 23.1 Å². The highest BCUT2D eigenvalue weighted by molar-refractivity contribution is 6.10. The van der Waals surface area contributed by atoms with E-state index < -0.39 is 23.7 Å². The van der Waals surface area contributed by atoms with E-state index >= 15 is 0 Å². The van der Waals surface area contributed by atoms with E-state index in [1.807, 2.05) is 99.6 Å². The summed E-state index contributed by atoms with van der Waals surface area (Å²) in [6.45, 7) is 5.58. The molecule has 9 nitrogen and oxygen atoms in total. The molecule has 0 radical (unpaired) electrons. The molecule has 0 saturated heterocycles. The standard InChI is InChI=1S/C34H39N3O6/c1-34(2,3)43-33(42)35-20-11-10-12-24-17-18-28-27(22-24)32(41)36(21-19-30(39)40)23-29(38)37(28)31(25-13-6-4-7-14-25)26-15-8-5-9-16-26/h4-9,13-18,22,31H,10-12,19-21,23H2,1-3H3,(H,35,42)(H,39,40). The number of rotatable bonds is 11. The molecule has 1 aliphatic heterocycles. The van der Waals surface area contributed by atoms with Gasteiger partial charge < -0.3 is 20.1 Å². The highest BCUT2D eigenvalue weighted by atomic mass is 16.6. The van der Waals surface area contributed by atoms with Gasteiger partial charge >= 0.3 is 12.1 Å². The van der Waals surface area contributed by atoms with E-state index in [1.54, 1.807) is 4.90 Å². The number of carboxylic acid groups (broad SMARTS) is 1. The summed E-state index contributed by atoms with van der Waals surface area (Å²) in [7, 11) is 0. The third kappa shape index (κ3) is 8.44. The quantitative estimate of drug-likeness (QED) is 0.284. The van der Waals surface area contributed by atoms with Gasteiger partial charge in [0.05, 0.1) is 23.7 Å². The fourth-order valence-corrected chi connectivity index (χ4v) is 5.15. The summed E-state index contributed by atoms with van der Waals surface area (Å²) in [5, 5.41) is 12.1. The Morgan fingerprint density at radius 2 is 1.56 bits per heavy atom. The smallest absolute Gasteiger partial charge is 0.407 e. The number of unbranched alkanes of at least 4 members (excludes halogenated alkanes) is 1. The molecule has 3 aromatic carbocycles. The van der Waals surface area contributed by atoms with Crippen LogP contribution in [0.4, 0.5) is 10.5 Å². The maximum absolute atomic E-state index is 14.0. The number of benzene rings is 3. The van der Waals surface area contributed by atoms with Crippen molar-refractivity contribution in [3.05, 3.63) is 101 Å². The van der Waals surface area contributed by atoms with Crippen LogP contribution in [0.5, 0.6) is 0 Å². The Kier molecular flexibility index (Phi) is 10.2. The SMILES string of the molecule is CC(C)(C)OC(=O)NCCCCc1ccc2c(c1)C(=O)N(CCC(=O)O)CC(=O)N2C(c1ccccc1)c1ccccc1. The minimum atomic E-state index is -1.04. The van der Waals surface area contributed by atoms with Gasteiger partial charge in [-0.3, -0.25) is 19.3 Å². The number of alkyl carbamates (subject to hydrolysis) is 1. The number of nitrogens with one attached hydrogen (secondary N) is 1. The molecule has 0 saturated carbocycles. The molecule has 3 amide bonds. The predicted octanol–water partition coefficient (Wildman–Crippen LogP) is 5.59. The molecular weight excluding hydrogens is 546 g/mol. The number of amides is 3. The fourth-order valence-electron chi connectivity index (χ4n) is 5.15. The van der Waals surface area contributed by atoms with Crippen LogP contribution in [0.3, 0.4) is 0 Å². The average Bonchev–Trinajstić information content (AvgIpc) is 3.06. The summed E-state index contributed by atoms with van der Waals surface area (Å²) < 4.78 is 5.27. The van der Waals surface area contributed by atoms with E-state index in [9.17, 15) is 24.3 Å². The van der Waals surface area contributed by atoms with Crippen molar-refractivity contribution < 1.29 is 29.0 Å². The van der Waals surface area contributed by atoms with Gasteiger partial charge in [-0.25, -0.2) is 4.79 Å². The lowest BCUT2D eigenvalue weighted by Crippen LogP contribution is -2.42. The van der Waals surface area contributed by atoms with Gasteiger partial charge in [0.25, 0.3) is 5.91 Å². The number of aliphatic carboxylic acids is 1. The zero-order chi connectivity index (χ0) is 31.0. The monoisotopic (exact) mass is 585 g/mol. The lowest BCUT2D eigenvalue weighted by atomic mass is 9.95. The number of nitrogens with zero attached hydrogens (tertiary/aromatic N) is 2. The van der Waals surface area contributed by atoms with Crippen LogP contribution in [0.15, 0.2) is 78.9 Å². The Labute approximate surface area is 252 Å². The summed E-state index contributed by atoms with van der Waals surface area (Å²) >= 11 is 0. The highest BCUT2D eigenvalue weighted by Crippen LogP contribution is 2.37. The Morgan fingerprint density at radius 3 is 2.14 bits per heavy atom. The van der Waals surface area contributed by atoms with Crippen LogP contribution in [0.25, 0.3) is 0 Å². The van der Waals surface area contributed by atoms with Crippen LogP contribution >= 0.6 is 0 Å². The Morgan fingerprint density at radius 1 is 0.930 bits per heavy atom. The van der Waals surface area contributed by atoms with Crippen LogP contribution in [-0.2, 0) is 20.7 Å². The predicted molar refractivity (Wildman–Crippen MR) is 164 cm³/mol. The Hall–Kier alpha value is -4.66. The van der Waals surface area contributed by atoms with Gasteiger partial charge in [0.2, 0.25) is 5.91 Å². The van der Waals surface area contributed by atoms with Gasteiger partial charge in [0.15, 0.2) is 0 Å². The number of anilines is 1. The molecule has 1 heterocycles. The largest absolute Gasteiger partial charge is 0.481 e. The fraction of sp³-hybridized carbons (Fsp3) is 0.353. The molecule has 0 atom stereocenters. The number of hydrogen-bond donors (Lipinski definition) is 2. The van der Waals surface area contributed by atoms with Crippen molar-refractivity contribution in [2.75, 3.05) is 24.5 Å². The second-order valence-corrected chi connectivity index (χ2v) is 11.6. The summed E-state index contributed by atoms with van der Waals surface area (Å²) in [4.78, 5) is 54.1. The van der Waals surface area contributed by atoms with Crippen molar-refractivity contribution in [3.8, 4) is 0 Å². The minimum Gasteiger partial charge on any atom is -0.481 e. The van der Waals surface area contributed by atoms with Crippen LogP contribution in [0.2, 0.25) is 0 Å². The molecule has 0 unspecified atom stereocenters. The zero-order valence-electron chi connectivity index (χ0n) is 24.9. The van der Waals surface area contributed by atoms with E-state index in [2.05, 4.69) is 5.32 Å². The highest BCUT2D eigenvalue weighted by Gasteiger charge is 2.37. The number of carboxylic acids is 1. The molecule has 1 aliphatic rings. The Balaban J connectivity index is 1.64. The second-order valence-electron chi connectivity index (χ2n) is 11.6. The van der Waals surface area contributed by atoms with Crippen molar-refractivity contribution in [2.24, 2.45) is 0 Å². The van der Waals surface area contributed by atoms with Crippen LogP contribution < -0.4 is 10.2 Å². The zero-order valence-corrected chi connectivity index (χ0v) is 24.9. The number of ether oxygens (including phenoxy) is 1. The maximum Gasteiger partial charge on any atom is 0.407 e. The van der Waals surface area contributed by atoms with Gasteiger partial charge in [-0.15, -0.1) is 0 Å². The molecule has 0 fully saturated rings. The van der Waals surface area contributed by atoms with Crippen molar-refractivity contribution in [3.63, 3.8) is 0 Å². The first-order valence-corrected chi connectivity index (χ1v) is 14.6. The van der Waals surface area contributed by atoms with Gasteiger partial charge in [-0.2, -0.15) is 0 Å². The Bertz CT molecular complexity index is 1400. The third-order valence-electron chi connectivity index (χ3n) is 7.08. The van der Waals surface area contributed by atoms with E-state index in [1.165, 1.54) is 4.90 Å². The molecule has 9 heteroatoms. The van der Waals surface area contributed by atoms with Crippen molar-refractivity contribution >= 4 is 29.6 Å². The molecule has 0 aromatic heterocycles. The van der Waals surface area contributed by atoms with Gasteiger partial charge in [-0.1, -0.05) is 66.7 Å². The molecule has 226 valence electrons. The van der Waals surface area contributed by atoms with Crippen LogP contribution in [-0.4, -0.2) is 59.1 Å². The van der Waals surface area contributed by atoms with Crippen molar-refractivity contribution in [2.45, 2.75) is 58.1 Å². The summed E-state index contributed by atoms with van der Waals surface area (Å²) in [6.07, 6.45) is 1.40. The number of hydrogen-bond acceptors (Lipinski definition) is 5. The van der Waals surface area contributed by atoms with Gasteiger partial charge in [-0.05, 0) is 68.9 Å². The number of aryl methyl sites for hydroxylation is 1. The molecule has 2 N–H and O–H groups in total. The molecule has 4 rings (SSSR count). The minimum absolute atomic E-state index is 0.0743. The van der Waals surface area contributed by atoms with Gasteiger partial charge in [0, 0.05) is 13.1 Å². The molecular formula is C34H39N3O6. The van der Waals surface area contributed by atoms with Crippen LogP contribution in [0.1, 0.15) is 73.1 Å². The van der Waals surface area contributed by atoms with Crippen LogP contribution in [0, 0.1) is 0 Å². The van der Waals surface area contributed by atoms with E-state index in [-0.39, 0.29) is 31.3 Å². The topological polar surface area (TPSA) is 116 Å². The lowest BCUT2D eigenvalue weighted by Gasteiger charge is -2.33. The first-order chi connectivity index (χ1) is 20.5. The summed E-state index contributed by atoms with van der Waals surface area (Å²) in [5.41, 5.74) is 2.97. The summed E-state index contributed by atoms with van der Waals surface area (Å²) in [6, 6.07) is 24.4. The first kappa shape index (κ1) is 31.3. The maximum atomic E-state index is 14.0. The summed E-state index contributed by atoms with van der Waals surface area (Å²) in [5.74, 6) is -1.71. The third-order valence-corrected chi connectivity index (χ3v) is 7.08. The first-order valence-electron chi connectivity index (χ1n) is 14.6. The number of carbonyl (C=O) groups is 4. The average molecular weight is 586 g/mol. The lowest BCUT2D eigenvalue weighted by molar-refractivity contribution is -0.137. The molecule has 0 bridgehead atoms. The number of fused-ring (bicyclic) bond motifs is 1. The van der Waals surface area contributed by atoms with E-state index in [0.29, 0.717) is 30.6 Å². The van der Waals surface area contributed by atoms with E-state index in [4.69, 9.17) is 4.74 Å². The van der Waals surface area contributed by atoms with Crippen molar-refractivity contribution in [1.82, 2.24) is 10.2 Å². The molecule has 3 aromatic rings. The molecule has 0 aliphatic carbocycles. The normalized spacial score (nSPS) is 13.5. The molecule has 0 spiro atoms. The van der Waals surface area contributed by atoms with Gasteiger partial charge in [0.1, 0.15) is 12.1 Å².